The Morgan fingerprint density at radius 2 is 2.21 bits per heavy atom. The molecule has 2 aliphatic rings. The predicted molar refractivity (Wildman–Crippen MR) is 92.9 cm³/mol. The molecule has 0 saturated heterocycles. The fourth-order valence-electron chi connectivity index (χ4n) is 3.30. The molecule has 1 saturated carbocycles. The molecule has 4 rings (SSSR count). The van der Waals surface area contributed by atoms with E-state index in [4.69, 9.17) is 4.74 Å². The molecule has 2 heterocycles. The monoisotopic (exact) mass is 322 g/mol. The van der Waals surface area contributed by atoms with E-state index in [0.717, 1.165) is 23.4 Å². The van der Waals surface area contributed by atoms with Gasteiger partial charge in [0, 0.05) is 24.6 Å². The van der Waals surface area contributed by atoms with Crippen LogP contribution in [0.15, 0.2) is 36.5 Å². The Morgan fingerprint density at radius 1 is 1.33 bits per heavy atom. The first-order valence-electron chi connectivity index (χ1n) is 8.67. The quantitative estimate of drug-likeness (QED) is 0.919. The molecule has 0 bridgehead atoms. The molecule has 1 aromatic carbocycles. The van der Waals surface area contributed by atoms with Gasteiger partial charge in [-0.2, -0.15) is 0 Å². The standard InChI is InChI=1S/C20H22N2O2/c1-13-8-15-11-16(12-22-19(23)10-14-5-6-14)24-20(15)17(9-13)18-4-2-3-7-21-18/h2-4,7-9,14,16H,5-6,10-12H2,1H3,(H,22,23)/t16-/m1/s1. The van der Waals surface area contributed by atoms with Crippen LogP contribution in [0.3, 0.4) is 0 Å². The van der Waals surface area contributed by atoms with E-state index in [0.29, 0.717) is 18.9 Å². The van der Waals surface area contributed by atoms with Crippen LogP contribution < -0.4 is 10.1 Å². The first kappa shape index (κ1) is 15.2. The lowest BCUT2D eigenvalue weighted by atomic mass is 10.0. The third kappa shape index (κ3) is 3.28. The Balaban J connectivity index is 1.48. The van der Waals surface area contributed by atoms with E-state index >= 15 is 0 Å². The molecule has 0 radical (unpaired) electrons. The van der Waals surface area contributed by atoms with Crippen LogP contribution in [-0.2, 0) is 11.2 Å². The number of ether oxygens (including phenoxy) is 1. The van der Waals surface area contributed by atoms with Crippen LogP contribution in [0.1, 0.15) is 30.4 Å². The summed E-state index contributed by atoms with van der Waals surface area (Å²) in [5, 5.41) is 3.03. The average Bonchev–Trinajstić information content (AvgIpc) is 3.30. The number of amides is 1. The number of aryl methyl sites for hydroxylation is 1. The molecular weight excluding hydrogens is 300 g/mol. The van der Waals surface area contributed by atoms with Crippen LogP contribution in [0.2, 0.25) is 0 Å². The van der Waals surface area contributed by atoms with E-state index in [1.54, 1.807) is 6.20 Å². The Morgan fingerprint density at radius 3 is 2.96 bits per heavy atom. The average molecular weight is 322 g/mol. The molecule has 4 nitrogen and oxygen atoms in total. The Labute approximate surface area is 142 Å². The van der Waals surface area contributed by atoms with Gasteiger partial charge in [0.1, 0.15) is 11.9 Å². The number of carbonyl (C=O) groups is 1. The van der Waals surface area contributed by atoms with Crippen LogP contribution in [0.4, 0.5) is 0 Å². The second-order valence-electron chi connectivity index (χ2n) is 6.91. The van der Waals surface area contributed by atoms with Gasteiger partial charge in [-0.3, -0.25) is 9.78 Å². The zero-order valence-electron chi connectivity index (χ0n) is 13.9. The van der Waals surface area contributed by atoms with Crippen molar-refractivity contribution in [2.24, 2.45) is 5.92 Å². The van der Waals surface area contributed by atoms with Crippen molar-refractivity contribution in [1.82, 2.24) is 10.3 Å². The summed E-state index contributed by atoms with van der Waals surface area (Å²) in [6.45, 7) is 2.67. The SMILES string of the molecule is Cc1cc2c(c(-c3ccccn3)c1)O[C@@H](CNC(=O)CC1CC1)C2. The fourth-order valence-corrected chi connectivity index (χ4v) is 3.30. The molecule has 1 aliphatic carbocycles. The van der Waals surface area contributed by atoms with E-state index in [1.807, 2.05) is 18.2 Å². The lowest BCUT2D eigenvalue weighted by molar-refractivity contribution is -0.121. The highest BCUT2D eigenvalue weighted by Gasteiger charge is 2.28. The maximum absolute atomic E-state index is 11.9. The van der Waals surface area contributed by atoms with E-state index in [9.17, 15) is 4.79 Å². The van der Waals surface area contributed by atoms with Crippen molar-refractivity contribution in [3.8, 4) is 17.0 Å². The number of benzene rings is 1. The van der Waals surface area contributed by atoms with Gasteiger partial charge >= 0.3 is 0 Å². The third-order valence-electron chi connectivity index (χ3n) is 4.68. The van der Waals surface area contributed by atoms with Gasteiger partial charge in [0.05, 0.1) is 12.2 Å². The molecule has 4 heteroatoms. The number of fused-ring (bicyclic) bond motifs is 1. The molecule has 0 spiro atoms. The summed E-state index contributed by atoms with van der Waals surface area (Å²) in [6, 6.07) is 10.2. The van der Waals surface area contributed by atoms with Gasteiger partial charge in [-0.05, 0) is 55.0 Å². The Hall–Kier alpha value is -2.36. The van der Waals surface area contributed by atoms with Crippen LogP contribution in [-0.4, -0.2) is 23.5 Å². The Kier molecular flexibility index (Phi) is 3.97. The number of carbonyl (C=O) groups excluding carboxylic acids is 1. The number of aromatic nitrogens is 1. The van der Waals surface area contributed by atoms with E-state index in [2.05, 4.69) is 29.4 Å². The predicted octanol–water partition coefficient (Wildman–Crippen LogP) is 3.28. The molecular formula is C20H22N2O2. The maximum atomic E-state index is 11.9. The van der Waals surface area contributed by atoms with Crippen LogP contribution in [0.25, 0.3) is 11.3 Å². The largest absolute Gasteiger partial charge is 0.487 e. The number of nitrogens with one attached hydrogen (secondary N) is 1. The Bertz CT molecular complexity index is 754. The van der Waals surface area contributed by atoms with Gasteiger partial charge in [-0.25, -0.2) is 0 Å². The number of hydrogen-bond donors (Lipinski definition) is 1. The van der Waals surface area contributed by atoms with Gasteiger partial charge in [0.25, 0.3) is 0 Å². The smallest absolute Gasteiger partial charge is 0.220 e. The highest BCUT2D eigenvalue weighted by atomic mass is 16.5. The summed E-state index contributed by atoms with van der Waals surface area (Å²) in [5.74, 6) is 1.68. The molecule has 1 aromatic heterocycles. The molecule has 124 valence electrons. The number of nitrogens with zero attached hydrogens (tertiary/aromatic N) is 1. The van der Waals surface area contributed by atoms with Gasteiger partial charge in [0.2, 0.25) is 5.91 Å². The fraction of sp³-hybridized carbons (Fsp3) is 0.400. The molecule has 1 aliphatic heterocycles. The van der Waals surface area contributed by atoms with Gasteiger partial charge in [0.15, 0.2) is 0 Å². The lowest BCUT2D eigenvalue weighted by Gasteiger charge is -2.13. The summed E-state index contributed by atoms with van der Waals surface area (Å²) in [6.07, 6.45) is 5.71. The van der Waals surface area contributed by atoms with Crippen molar-refractivity contribution in [1.29, 1.82) is 0 Å². The van der Waals surface area contributed by atoms with Crippen LogP contribution in [0.5, 0.6) is 5.75 Å². The molecule has 1 fully saturated rings. The van der Waals surface area contributed by atoms with E-state index < -0.39 is 0 Å². The van der Waals surface area contributed by atoms with Gasteiger partial charge < -0.3 is 10.1 Å². The minimum absolute atomic E-state index is 0.00687. The van der Waals surface area contributed by atoms with E-state index in [1.165, 1.54) is 24.0 Å². The zero-order valence-corrected chi connectivity index (χ0v) is 13.9. The normalized spacial score (nSPS) is 18.8. The van der Waals surface area contributed by atoms with Gasteiger partial charge in [-0.15, -0.1) is 0 Å². The lowest BCUT2D eigenvalue weighted by Crippen LogP contribution is -2.34. The van der Waals surface area contributed by atoms with Crippen molar-refractivity contribution < 1.29 is 9.53 Å². The summed E-state index contributed by atoms with van der Waals surface area (Å²) in [7, 11) is 0. The van der Waals surface area contributed by atoms with Crippen molar-refractivity contribution in [2.45, 2.75) is 38.7 Å². The summed E-state index contributed by atoms with van der Waals surface area (Å²) in [5.41, 5.74) is 4.38. The molecule has 1 N–H and O–H groups in total. The topological polar surface area (TPSA) is 51.2 Å². The zero-order chi connectivity index (χ0) is 16.5. The molecule has 1 atom stereocenters. The molecule has 0 unspecified atom stereocenters. The van der Waals surface area contributed by atoms with Crippen LogP contribution in [0, 0.1) is 12.8 Å². The minimum Gasteiger partial charge on any atom is -0.487 e. The molecule has 1 amide bonds. The first-order valence-corrected chi connectivity index (χ1v) is 8.67. The number of hydrogen-bond acceptors (Lipinski definition) is 3. The van der Waals surface area contributed by atoms with Crippen molar-refractivity contribution in [2.75, 3.05) is 6.54 Å². The van der Waals surface area contributed by atoms with E-state index in [-0.39, 0.29) is 12.0 Å². The van der Waals surface area contributed by atoms with Gasteiger partial charge in [-0.1, -0.05) is 12.1 Å². The minimum atomic E-state index is 0.00687. The van der Waals surface area contributed by atoms with Crippen molar-refractivity contribution in [3.05, 3.63) is 47.7 Å². The number of pyridine rings is 1. The second kappa shape index (κ2) is 6.27. The van der Waals surface area contributed by atoms with Crippen LogP contribution >= 0.6 is 0 Å². The van der Waals surface area contributed by atoms with Crippen molar-refractivity contribution >= 4 is 5.91 Å². The summed E-state index contributed by atoms with van der Waals surface area (Å²) >= 11 is 0. The van der Waals surface area contributed by atoms with Crippen molar-refractivity contribution in [3.63, 3.8) is 0 Å². The molecule has 2 aromatic rings. The summed E-state index contributed by atoms with van der Waals surface area (Å²) in [4.78, 5) is 16.3. The highest BCUT2D eigenvalue weighted by Crippen LogP contribution is 2.39. The summed E-state index contributed by atoms with van der Waals surface area (Å²) < 4.78 is 6.16. The second-order valence-corrected chi connectivity index (χ2v) is 6.91. The highest BCUT2D eigenvalue weighted by molar-refractivity contribution is 5.76. The number of rotatable bonds is 5. The maximum Gasteiger partial charge on any atom is 0.220 e. The first-order chi connectivity index (χ1) is 11.7. The molecule has 24 heavy (non-hydrogen) atoms. The third-order valence-corrected chi connectivity index (χ3v) is 4.68.